The van der Waals surface area contributed by atoms with E-state index in [1.165, 1.54) is 5.56 Å². The molecule has 0 bridgehead atoms. The topological polar surface area (TPSA) is 58.4 Å². The molecule has 1 aromatic heterocycles. The lowest BCUT2D eigenvalue weighted by atomic mass is 10.1. The summed E-state index contributed by atoms with van der Waals surface area (Å²) in [6.07, 6.45) is 4.58. The van der Waals surface area contributed by atoms with Gasteiger partial charge in [-0.05, 0) is 18.4 Å². The molecule has 2 amide bonds. The smallest absolute Gasteiger partial charge is 0.289 e. The maximum atomic E-state index is 12.8. The summed E-state index contributed by atoms with van der Waals surface area (Å²) in [4.78, 5) is 33.1. The van der Waals surface area contributed by atoms with Gasteiger partial charge in [-0.3, -0.25) is 9.59 Å². The summed E-state index contributed by atoms with van der Waals surface area (Å²) in [6.45, 7) is 2.42. The van der Waals surface area contributed by atoms with Gasteiger partial charge in [0.2, 0.25) is 5.91 Å². The number of hydrogen-bond acceptors (Lipinski definition) is 3. The molecule has 4 rings (SSSR count). The lowest BCUT2D eigenvalue weighted by molar-refractivity contribution is -0.134. The molecule has 6 nitrogen and oxygen atoms in total. The van der Waals surface area contributed by atoms with Crippen molar-refractivity contribution in [1.82, 2.24) is 19.4 Å². The zero-order valence-electron chi connectivity index (χ0n) is 15.1. The Bertz CT molecular complexity index is 802. The molecule has 1 saturated heterocycles. The van der Waals surface area contributed by atoms with E-state index in [1.54, 1.807) is 6.20 Å². The fraction of sp³-hybridized carbons (Fsp3) is 0.450. The van der Waals surface area contributed by atoms with Gasteiger partial charge in [-0.1, -0.05) is 30.3 Å². The largest absolute Gasteiger partial charge is 0.339 e. The number of hydrogen-bond donors (Lipinski definition) is 0. The molecule has 1 aromatic carbocycles. The molecule has 6 heteroatoms. The second-order valence-electron chi connectivity index (χ2n) is 7.19. The van der Waals surface area contributed by atoms with Crippen LogP contribution in [0, 0.1) is 5.92 Å². The third-order valence-electron chi connectivity index (χ3n) is 5.31. The van der Waals surface area contributed by atoms with Gasteiger partial charge >= 0.3 is 0 Å². The molecule has 1 aliphatic heterocycles. The van der Waals surface area contributed by atoms with E-state index in [1.807, 2.05) is 39.6 Å². The van der Waals surface area contributed by atoms with Gasteiger partial charge in [0.05, 0.1) is 0 Å². The molecule has 0 atom stereocenters. The lowest BCUT2D eigenvalue weighted by Gasteiger charge is -2.34. The highest BCUT2D eigenvalue weighted by molar-refractivity contribution is 5.91. The minimum Gasteiger partial charge on any atom is -0.339 e. The van der Waals surface area contributed by atoms with Gasteiger partial charge in [0.25, 0.3) is 5.91 Å². The number of amides is 2. The predicted octanol–water partition coefficient (Wildman–Crippen LogP) is 1.71. The van der Waals surface area contributed by atoms with Crippen molar-refractivity contribution in [1.29, 1.82) is 0 Å². The van der Waals surface area contributed by atoms with Gasteiger partial charge in [0, 0.05) is 57.5 Å². The van der Waals surface area contributed by atoms with E-state index >= 15 is 0 Å². The Morgan fingerprint density at radius 3 is 2.35 bits per heavy atom. The summed E-state index contributed by atoms with van der Waals surface area (Å²) in [5, 5.41) is 0. The van der Waals surface area contributed by atoms with Crippen molar-refractivity contribution in [2.75, 3.05) is 26.2 Å². The van der Waals surface area contributed by atoms with Gasteiger partial charge in [0.1, 0.15) is 0 Å². The molecule has 0 spiro atoms. The molecule has 26 heavy (non-hydrogen) atoms. The minimum atomic E-state index is -0.0506. The third-order valence-corrected chi connectivity index (χ3v) is 5.31. The number of imidazole rings is 1. The van der Waals surface area contributed by atoms with Crippen LogP contribution in [0.4, 0.5) is 0 Å². The average molecular weight is 352 g/mol. The quantitative estimate of drug-likeness (QED) is 0.842. The first-order valence-corrected chi connectivity index (χ1v) is 9.26. The van der Waals surface area contributed by atoms with Crippen molar-refractivity contribution in [2.45, 2.75) is 19.3 Å². The number of aromatic nitrogens is 2. The van der Waals surface area contributed by atoms with Gasteiger partial charge in [-0.25, -0.2) is 4.98 Å². The second-order valence-corrected chi connectivity index (χ2v) is 7.19. The number of benzene rings is 1. The van der Waals surface area contributed by atoms with Crippen molar-refractivity contribution in [3.8, 4) is 0 Å². The number of piperazine rings is 1. The molecule has 0 radical (unpaired) electrons. The Labute approximate surface area is 153 Å². The molecule has 0 N–H and O–H groups in total. The lowest BCUT2D eigenvalue weighted by Crippen LogP contribution is -2.51. The summed E-state index contributed by atoms with van der Waals surface area (Å²) in [6, 6.07) is 10.2. The Hall–Kier alpha value is -2.63. The normalized spacial score (nSPS) is 17.4. The number of carbonyl (C=O) groups is 2. The molecule has 2 fully saturated rings. The second kappa shape index (κ2) is 6.94. The van der Waals surface area contributed by atoms with E-state index in [0.717, 1.165) is 25.0 Å². The maximum Gasteiger partial charge on any atom is 0.289 e. The Morgan fingerprint density at radius 1 is 1.04 bits per heavy atom. The SMILES string of the molecule is Cn1c(Cc2ccccc2)cnc1C(=O)N1CCN(C(=O)C2CC2)CC1. The standard InChI is InChI=1S/C20H24N4O2/c1-22-17(13-15-5-3-2-4-6-15)14-21-18(22)20(26)24-11-9-23(10-12-24)19(25)16-7-8-16/h2-6,14,16H,7-13H2,1H3. The molecule has 136 valence electrons. The zero-order chi connectivity index (χ0) is 18.1. The van der Waals surface area contributed by atoms with E-state index in [-0.39, 0.29) is 17.7 Å². The maximum absolute atomic E-state index is 12.8. The molecule has 1 aliphatic carbocycles. The summed E-state index contributed by atoms with van der Waals surface area (Å²) in [7, 11) is 1.89. The number of nitrogens with zero attached hydrogens (tertiary/aromatic N) is 4. The monoisotopic (exact) mass is 352 g/mol. The molecular weight excluding hydrogens is 328 g/mol. The van der Waals surface area contributed by atoms with Crippen LogP contribution < -0.4 is 0 Å². The summed E-state index contributed by atoms with van der Waals surface area (Å²) in [5.41, 5.74) is 2.21. The van der Waals surface area contributed by atoms with Gasteiger partial charge in [-0.2, -0.15) is 0 Å². The Kier molecular flexibility index (Phi) is 4.49. The van der Waals surface area contributed by atoms with Crippen molar-refractivity contribution in [2.24, 2.45) is 13.0 Å². The van der Waals surface area contributed by atoms with Crippen LogP contribution in [0.3, 0.4) is 0 Å². The fourth-order valence-corrected chi connectivity index (χ4v) is 3.47. The Morgan fingerprint density at radius 2 is 1.69 bits per heavy atom. The van der Waals surface area contributed by atoms with Crippen molar-refractivity contribution in [3.63, 3.8) is 0 Å². The molecule has 2 aromatic rings. The zero-order valence-corrected chi connectivity index (χ0v) is 15.1. The number of carbonyl (C=O) groups excluding carboxylic acids is 2. The highest BCUT2D eigenvalue weighted by atomic mass is 16.2. The minimum absolute atomic E-state index is 0.0506. The first-order valence-electron chi connectivity index (χ1n) is 9.26. The van der Waals surface area contributed by atoms with E-state index < -0.39 is 0 Å². The molecule has 2 aliphatic rings. The van der Waals surface area contributed by atoms with E-state index in [2.05, 4.69) is 17.1 Å². The van der Waals surface area contributed by atoms with Crippen LogP contribution in [0.2, 0.25) is 0 Å². The summed E-state index contributed by atoms with van der Waals surface area (Å²) < 4.78 is 1.89. The summed E-state index contributed by atoms with van der Waals surface area (Å²) in [5.74, 6) is 0.926. The van der Waals surface area contributed by atoms with Crippen LogP contribution in [0.25, 0.3) is 0 Å². The highest BCUT2D eigenvalue weighted by Gasteiger charge is 2.35. The van der Waals surface area contributed by atoms with Crippen molar-refractivity contribution >= 4 is 11.8 Å². The van der Waals surface area contributed by atoms with Crippen LogP contribution in [0.15, 0.2) is 36.5 Å². The van der Waals surface area contributed by atoms with Crippen LogP contribution in [0.1, 0.15) is 34.7 Å². The first kappa shape index (κ1) is 16.8. The van der Waals surface area contributed by atoms with E-state index in [9.17, 15) is 9.59 Å². The van der Waals surface area contributed by atoms with Crippen molar-refractivity contribution in [3.05, 3.63) is 53.6 Å². The van der Waals surface area contributed by atoms with Crippen LogP contribution >= 0.6 is 0 Å². The van der Waals surface area contributed by atoms with E-state index in [0.29, 0.717) is 32.0 Å². The molecular formula is C20H24N4O2. The van der Waals surface area contributed by atoms with Crippen molar-refractivity contribution < 1.29 is 9.59 Å². The van der Waals surface area contributed by atoms with Gasteiger partial charge in [0.15, 0.2) is 5.82 Å². The highest BCUT2D eigenvalue weighted by Crippen LogP contribution is 2.31. The van der Waals surface area contributed by atoms with Gasteiger partial charge in [-0.15, -0.1) is 0 Å². The predicted molar refractivity (Wildman–Crippen MR) is 97.7 cm³/mol. The first-order chi connectivity index (χ1) is 12.6. The van der Waals surface area contributed by atoms with Crippen LogP contribution in [-0.2, 0) is 18.3 Å². The van der Waals surface area contributed by atoms with Gasteiger partial charge < -0.3 is 14.4 Å². The molecule has 1 saturated carbocycles. The fourth-order valence-electron chi connectivity index (χ4n) is 3.47. The average Bonchev–Trinajstić information content (AvgIpc) is 3.47. The molecule has 0 unspecified atom stereocenters. The van der Waals surface area contributed by atoms with Crippen LogP contribution in [0.5, 0.6) is 0 Å². The Balaban J connectivity index is 1.40. The van der Waals surface area contributed by atoms with Crippen LogP contribution in [-0.4, -0.2) is 57.3 Å². The van der Waals surface area contributed by atoms with E-state index in [4.69, 9.17) is 0 Å². The number of rotatable bonds is 4. The molecule has 2 heterocycles. The third kappa shape index (κ3) is 3.36. The summed E-state index contributed by atoms with van der Waals surface area (Å²) >= 11 is 0.